The Bertz CT molecular complexity index is 994. The van der Waals surface area contributed by atoms with Gasteiger partial charge in [-0.2, -0.15) is 13.2 Å². The number of halogens is 3. The maximum atomic E-state index is 12.7. The molecule has 0 aliphatic rings. The lowest BCUT2D eigenvalue weighted by molar-refractivity contribution is -0.318. The Hall–Kier alpha value is -3.36. The van der Waals surface area contributed by atoms with Crippen molar-refractivity contribution in [1.82, 2.24) is 15.0 Å². The predicted octanol–water partition coefficient (Wildman–Crippen LogP) is 3.31. The zero-order valence-corrected chi connectivity index (χ0v) is 15.6. The summed E-state index contributed by atoms with van der Waals surface area (Å²) < 4.78 is 43.5. The first kappa shape index (κ1) is 20.4. The Morgan fingerprint density at radius 1 is 1.03 bits per heavy atom. The second-order valence-corrected chi connectivity index (χ2v) is 7.06. The van der Waals surface area contributed by atoms with Crippen LogP contribution in [0.4, 0.5) is 13.2 Å². The lowest BCUT2D eigenvalue weighted by Crippen LogP contribution is -2.41. The monoisotopic (exact) mass is 404 g/mol. The van der Waals surface area contributed by atoms with Crippen molar-refractivity contribution in [2.45, 2.75) is 20.0 Å². The molecule has 0 bridgehead atoms. The minimum atomic E-state index is -4.49. The Balaban J connectivity index is 1.70. The fourth-order valence-corrected chi connectivity index (χ4v) is 2.36. The summed E-state index contributed by atoms with van der Waals surface area (Å²) in [4.78, 5) is 21.2. The third-order valence-electron chi connectivity index (χ3n) is 4.22. The fourth-order valence-electron chi connectivity index (χ4n) is 2.36. The van der Waals surface area contributed by atoms with Crippen LogP contribution in [0, 0.1) is 5.41 Å². The van der Waals surface area contributed by atoms with Crippen LogP contribution in [0.15, 0.2) is 48.8 Å². The van der Waals surface area contributed by atoms with Gasteiger partial charge in [-0.1, -0.05) is 13.8 Å². The molecule has 9 heteroatoms. The van der Waals surface area contributed by atoms with E-state index >= 15 is 0 Å². The highest BCUT2D eigenvalue weighted by Crippen LogP contribution is 2.30. The number of H-pyrrole nitrogens is 1. The smallest absolute Gasteiger partial charge is 0.432 e. The van der Waals surface area contributed by atoms with E-state index in [4.69, 9.17) is 4.74 Å². The normalized spacial score (nSPS) is 12.0. The lowest BCUT2D eigenvalue weighted by Gasteiger charge is -2.25. The number of alkyl halides is 3. The number of hydrogen-bond acceptors (Lipinski definition) is 5. The van der Waals surface area contributed by atoms with E-state index in [1.165, 1.54) is 20.0 Å². The number of aromatic amines is 1. The van der Waals surface area contributed by atoms with Crippen molar-refractivity contribution in [3.63, 3.8) is 0 Å². The van der Waals surface area contributed by atoms with Crippen molar-refractivity contribution >= 4 is 5.97 Å². The van der Waals surface area contributed by atoms with Gasteiger partial charge in [0.05, 0.1) is 24.5 Å². The molecule has 0 saturated carbocycles. The van der Waals surface area contributed by atoms with Crippen molar-refractivity contribution in [2.75, 3.05) is 6.61 Å². The molecule has 0 amide bonds. The van der Waals surface area contributed by atoms with Crippen molar-refractivity contribution in [3.8, 4) is 28.4 Å². The number of nitrogens with one attached hydrogen (secondary N) is 1. The number of ether oxygens (including phenoxy) is 1. The third kappa shape index (κ3) is 4.74. The molecule has 0 unspecified atom stereocenters. The number of carbonyl (C=O) groups is 1. The van der Waals surface area contributed by atoms with E-state index in [2.05, 4.69) is 15.0 Å². The SMILES string of the molecule is CC(C)(COc1ccc(-c2ccc(-c3ncc(C(F)(F)F)[nH]3)cn2)cc1)C(=O)[O-]. The van der Waals surface area contributed by atoms with Gasteiger partial charge in [-0.05, 0) is 36.4 Å². The van der Waals surface area contributed by atoms with E-state index in [-0.39, 0.29) is 12.4 Å². The Morgan fingerprint density at radius 3 is 2.21 bits per heavy atom. The standard InChI is InChI=1S/C20H18F3N3O3/c1-19(2,18(27)28)11-29-14-6-3-12(4-7-14)15-8-5-13(9-24-15)17-25-10-16(26-17)20(21,22)23/h3-10H,11H2,1-2H3,(H,25,26)(H,27,28)/p-1. The molecule has 0 aliphatic carbocycles. The Morgan fingerprint density at radius 2 is 1.69 bits per heavy atom. The number of benzene rings is 1. The van der Waals surface area contributed by atoms with Crippen molar-refractivity contribution in [3.05, 3.63) is 54.5 Å². The number of pyridine rings is 1. The van der Waals surface area contributed by atoms with Crippen molar-refractivity contribution in [1.29, 1.82) is 0 Å². The van der Waals surface area contributed by atoms with E-state index in [1.807, 2.05) is 0 Å². The maximum absolute atomic E-state index is 12.7. The number of aliphatic carboxylic acids is 1. The summed E-state index contributed by atoms with van der Waals surface area (Å²) in [6, 6.07) is 10.1. The number of aromatic nitrogens is 3. The van der Waals surface area contributed by atoms with Gasteiger partial charge in [0.2, 0.25) is 0 Å². The number of carbonyl (C=O) groups excluding carboxylic acids is 1. The number of nitrogens with zero attached hydrogens (tertiary/aromatic N) is 2. The average Bonchev–Trinajstić information content (AvgIpc) is 3.18. The minimum absolute atomic E-state index is 0.0370. The Labute approximate surface area is 164 Å². The van der Waals surface area contributed by atoms with Crippen molar-refractivity contribution in [2.24, 2.45) is 5.41 Å². The van der Waals surface area contributed by atoms with Gasteiger partial charge in [0.25, 0.3) is 0 Å². The summed E-state index contributed by atoms with van der Waals surface area (Å²) in [5.41, 5.74) is -0.243. The zero-order valence-electron chi connectivity index (χ0n) is 15.6. The van der Waals surface area contributed by atoms with Crippen LogP contribution in [-0.4, -0.2) is 27.5 Å². The van der Waals surface area contributed by atoms with Crippen LogP contribution in [0.1, 0.15) is 19.5 Å². The highest BCUT2D eigenvalue weighted by Gasteiger charge is 2.33. The second-order valence-electron chi connectivity index (χ2n) is 7.06. The zero-order chi connectivity index (χ0) is 21.2. The number of rotatable bonds is 6. The van der Waals surface area contributed by atoms with E-state index in [0.717, 1.165) is 11.8 Å². The number of hydrogen-bond donors (Lipinski definition) is 1. The van der Waals surface area contributed by atoms with Crippen LogP contribution in [0.2, 0.25) is 0 Å². The fraction of sp³-hybridized carbons (Fsp3) is 0.250. The molecular weight excluding hydrogens is 387 g/mol. The predicted molar refractivity (Wildman–Crippen MR) is 96.5 cm³/mol. The molecule has 0 spiro atoms. The van der Waals surface area contributed by atoms with Gasteiger partial charge in [-0.15, -0.1) is 0 Å². The van der Waals surface area contributed by atoms with E-state index in [9.17, 15) is 23.1 Å². The molecule has 2 aromatic heterocycles. The van der Waals surface area contributed by atoms with Crippen LogP contribution in [0.3, 0.4) is 0 Å². The van der Waals surface area contributed by atoms with Gasteiger partial charge < -0.3 is 19.6 Å². The molecule has 2 heterocycles. The quantitative estimate of drug-likeness (QED) is 0.681. The molecule has 0 aliphatic heterocycles. The first-order valence-electron chi connectivity index (χ1n) is 8.59. The van der Waals surface area contributed by atoms with Gasteiger partial charge in [0.15, 0.2) is 0 Å². The first-order valence-corrected chi connectivity index (χ1v) is 8.59. The third-order valence-corrected chi connectivity index (χ3v) is 4.22. The molecule has 1 aromatic carbocycles. The summed E-state index contributed by atoms with van der Waals surface area (Å²) in [6.07, 6.45) is -2.32. The molecule has 0 atom stereocenters. The molecule has 0 radical (unpaired) electrons. The van der Waals surface area contributed by atoms with Gasteiger partial charge in [-0.3, -0.25) is 4.98 Å². The summed E-state index contributed by atoms with van der Waals surface area (Å²) in [5.74, 6) is -0.622. The molecule has 0 saturated heterocycles. The summed E-state index contributed by atoms with van der Waals surface area (Å²) in [7, 11) is 0. The number of carboxylic acids is 1. The van der Waals surface area contributed by atoms with Gasteiger partial charge in [0.1, 0.15) is 17.3 Å². The van der Waals surface area contributed by atoms with E-state index in [0.29, 0.717) is 17.0 Å². The van der Waals surface area contributed by atoms with E-state index < -0.39 is 23.3 Å². The Kier molecular flexibility index (Phi) is 5.32. The molecule has 152 valence electrons. The molecular formula is C20H17F3N3O3-. The second kappa shape index (κ2) is 7.57. The topological polar surface area (TPSA) is 90.9 Å². The summed E-state index contributed by atoms with van der Waals surface area (Å²) in [6.45, 7) is 2.99. The molecule has 0 fully saturated rings. The van der Waals surface area contributed by atoms with Crippen molar-refractivity contribution < 1.29 is 27.8 Å². The minimum Gasteiger partial charge on any atom is -0.549 e. The first-order chi connectivity index (χ1) is 13.6. The maximum Gasteiger partial charge on any atom is 0.432 e. The molecule has 3 rings (SSSR count). The van der Waals surface area contributed by atoms with Crippen LogP contribution < -0.4 is 9.84 Å². The van der Waals surface area contributed by atoms with Crippen LogP contribution in [0.5, 0.6) is 5.75 Å². The van der Waals surface area contributed by atoms with Crippen LogP contribution in [0.25, 0.3) is 22.6 Å². The summed E-state index contributed by atoms with van der Waals surface area (Å²) in [5, 5.41) is 11.0. The largest absolute Gasteiger partial charge is 0.549 e. The van der Waals surface area contributed by atoms with Crippen LogP contribution >= 0.6 is 0 Å². The van der Waals surface area contributed by atoms with Gasteiger partial charge >= 0.3 is 6.18 Å². The number of imidazole rings is 1. The van der Waals surface area contributed by atoms with E-state index in [1.54, 1.807) is 36.4 Å². The van der Waals surface area contributed by atoms with Gasteiger partial charge in [0, 0.05) is 22.7 Å². The lowest BCUT2D eigenvalue weighted by atomic mass is 9.95. The molecule has 29 heavy (non-hydrogen) atoms. The average molecular weight is 404 g/mol. The number of carboxylic acid groups (broad SMARTS) is 1. The molecule has 1 N–H and O–H groups in total. The summed E-state index contributed by atoms with van der Waals surface area (Å²) >= 11 is 0. The molecule has 6 nitrogen and oxygen atoms in total. The molecule has 3 aromatic rings. The highest BCUT2D eigenvalue weighted by molar-refractivity contribution is 5.71. The highest BCUT2D eigenvalue weighted by atomic mass is 19.4. The van der Waals surface area contributed by atoms with Gasteiger partial charge in [-0.25, -0.2) is 4.98 Å². The van der Waals surface area contributed by atoms with Crippen LogP contribution in [-0.2, 0) is 11.0 Å².